The van der Waals surface area contributed by atoms with Crippen molar-refractivity contribution in [1.29, 1.82) is 0 Å². The molecule has 0 aromatic carbocycles. The predicted molar refractivity (Wildman–Crippen MR) is 124 cm³/mol. The first-order valence-electron chi connectivity index (χ1n) is 13.0. The van der Waals surface area contributed by atoms with Crippen molar-refractivity contribution in [2.24, 2.45) is 58.2 Å². The number of hydrogen-bond donors (Lipinski definition) is 1. The summed E-state index contributed by atoms with van der Waals surface area (Å²) in [7, 11) is 0. The second-order valence-electron chi connectivity index (χ2n) is 12.7. The highest BCUT2D eigenvalue weighted by atomic mass is 16.3. The molecule has 0 spiro atoms. The van der Waals surface area contributed by atoms with E-state index in [2.05, 4.69) is 53.7 Å². The second kappa shape index (κ2) is 7.99. The van der Waals surface area contributed by atoms with Crippen LogP contribution < -0.4 is 0 Å². The molecule has 4 saturated carbocycles. The fraction of sp³-hybridized carbons (Fsp3) is 0.929. The molecule has 4 rings (SSSR count). The molecular formula is C28H48O. The lowest BCUT2D eigenvalue weighted by molar-refractivity contribution is -0.128. The average Bonchev–Trinajstić information content (AvgIpc) is 3.03. The van der Waals surface area contributed by atoms with E-state index in [1.54, 1.807) is 0 Å². The van der Waals surface area contributed by atoms with Crippen LogP contribution >= 0.6 is 0 Å². The summed E-state index contributed by atoms with van der Waals surface area (Å²) in [6, 6.07) is 0. The van der Waals surface area contributed by atoms with Crippen LogP contribution in [-0.2, 0) is 0 Å². The van der Waals surface area contributed by atoms with E-state index in [9.17, 15) is 5.11 Å². The number of allylic oxidation sites excluding steroid dienone is 2. The van der Waals surface area contributed by atoms with E-state index in [-0.39, 0.29) is 6.10 Å². The molecule has 0 aromatic rings. The topological polar surface area (TPSA) is 20.2 Å². The summed E-state index contributed by atoms with van der Waals surface area (Å²) in [6.45, 7) is 14.9. The van der Waals surface area contributed by atoms with Gasteiger partial charge in [0.15, 0.2) is 0 Å². The van der Waals surface area contributed by atoms with Gasteiger partial charge in [0.05, 0.1) is 6.10 Å². The molecule has 1 nitrogen and oxygen atoms in total. The molecule has 1 N–H and O–H groups in total. The normalized spacial score (nSPS) is 49.5. The summed E-state index contributed by atoms with van der Waals surface area (Å²) in [4.78, 5) is 0. The summed E-state index contributed by atoms with van der Waals surface area (Å²) < 4.78 is 0. The monoisotopic (exact) mass is 400 g/mol. The zero-order valence-corrected chi connectivity index (χ0v) is 20.2. The first-order valence-corrected chi connectivity index (χ1v) is 13.0. The Morgan fingerprint density at radius 3 is 2.21 bits per heavy atom. The minimum atomic E-state index is -0.0183. The fourth-order valence-electron chi connectivity index (χ4n) is 8.85. The van der Waals surface area contributed by atoms with E-state index in [1.807, 2.05) is 0 Å². The van der Waals surface area contributed by atoms with Gasteiger partial charge in [-0.2, -0.15) is 0 Å². The smallest absolute Gasteiger partial charge is 0.0543 e. The fourth-order valence-corrected chi connectivity index (χ4v) is 8.85. The molecule has 0 radical (unpaired) electrons. The van der Waals surface area contributed by atoms with E-state index in [0.717, 1.165) is 54.3 Å². The summed E-state index contributed by atoms with van der Waals surface area (Å²) >= 11 is 0. The lowest BCUT2D eigenvalue weighted by Gasteiger charge is -2.61. The number of aliphatic hydroxyl groups is 1. The number of fused-ring (bicyclic) bond motifs is 5. The van der Waals surface area contributed by atoms with E-state index in [0.29, 0.717) is 16.7 Å². The summed E-state index contributed by atoms with van der Waals surface area (Å²) in [5.41, 5.74) is 1.07. The Bertz CT molecular complexity index is 607. The molecule has 166 valence electrons. The van der Waals surface area contributed by atoms with Crippen molar-refractivity contribution in [3.63, 3.8) is 0 Å². The van der Waals surface area contributed by atoms with E-state index in [4.69, 9.17) is 0 Å². The maximum atomic E-state index is 10.3. The Hall–Kier alpha value is -0.300. The molecule has 1 heteroatoms. The van der Waals surface area contributed by atoms with Gasteiger partial charge in [-0.05, 0) is 116 Å². The predicted octanol–water partition coefficient (Wildman–Crippen LogP) is 7.49. The Kier molecular flexibility index (Phi) is 6.04. The van der Waals surface area contributed by atoms with Crippen LogP contribution in [0.3, 0.4) is 0 Å². The number of rotatable bonds is 4. The largest absolute Gasteiger partial charge is 0.393 e. The van der Waals surface area contributed by atoms with Crippen molar-refractivity contribution >= 4 is 0 Å². The molecule has 0 saturated heterocycles. The second-order valence-corrected chi connectivity index (χ2v) is 12.7. The standard InChI is InChI=1S/C28H48O/c1-18(2)19(3)7-8-20(4)24-11-12-25-23-10-9-21-17-22(29)13-15-27(21,5)26(23)14-16-28(24,25)6/h7-8,18-26,29H,9-17H2,1-6H3/t19-,20+,21+,22+,23-,24+,25-,26-,27-,28+/m0/s1. The van der Waals surface area contributed by atoms with Crippen LogP contribution in [0.5, 0.6) is 0 Å². The van der Waals surface area contributed by atoms with Crippen molar-refractivity contribution in [2.75, 3.05) is 0 Å². The van der Waals surface area contributed by atoms with Gasteiger partial charge < -0.3 is 5.11 Å². The van der Waals surface area contributed by atoms with Gasteiger partial charge >= 0.3 is 0 Å². The third kappa shape index (κ3) is 3.66. The molecule has 10 atom stereocenters. The third-order valence-corrected chi connectivity index (χ3v) is 11.1. The minimum absolute atomic E-state index is 0.0183. The minimum Gasteiger partial charge on any atom is -0.393 e. The molecule has 0 bridgehead atoms. The average molecular weight is 401 g/mol. The molecule has 0 aliphatic heterocycles. The molecule has 0 aromatic heterocycles. The van der Waals surface area contributed by atoms with Crippen LogP contribution in [0.2, 0.25) is 0 Å². The Labute approximate surface area is 181 Å². The molecule has 0 amide bonds. The Morgan fingerprint density at radius 2 is 1.48 bits per heavy atom. The molecule has 0 heterocycles. The molecule has 4 fully saturated rings. The van der Waals surface area contributed by atoms with Gasteiger partial charge in [0, 0.05) is 0 Å². The van der Waals surface area contributed by atoms with Gasteiger partial charge in [-0.15, -0.1) is 0 Å². The van der Waals surface area contributed by atoms with Crippen LogP contribution in [0.25, 0.3) is 0 Å². The van der Waals surface area contributed by atoms with Gasteiger partial charge in [-0.3, -0.25) is 0 Å². The lowest BCUT2D eigenvalue weighted by atomic mass is 9.44. The first kappa shape index (κ1) is 21.9. The molecule has 4 aliphatic carbocycles. The maximum absolute atomic E-state index is 10.3. The van der Waals surface area contributed by atoms with Gasteiger partial charge in [0.25, 0.3) is 0 Å². The summed E-state index contributed by atoms with van der Waals surface area (Å²) in [5.74, 6) is 6.66. The van der Waals surface area contributed by atoms with Crippen LogP contribution in [0, 0.1) is 58.2 Å². The molecule has 0 unspecified atom stereocenters. The van der Waals surface area contributed by atoms with Gasteiger partial charge in [-0.25, -0.2) is 0 Å². The van der Waals surface area contributed by atoms with Crippen LogP contribution in [0.4, 0.5) is 0 Å². The SMILES string of the molecule is CC(C)[C@@H](C)C=C[C@@H](C)[C@H]1CC[C@H]2[C@@H]3CC[C@@H]4C[C@H](O)CC[C@]4(C)[C@H]3CC[C@]12C. The number of hydrogen-bond acceptors (Lipinski definition) is 1. The highest BCUT2D eigenvalue weighted by Crippen LogP contribution is 2.68. The van der Waals surface area contributed by atoms with E-state index in [1.165, 1.54) is 44.9 Å². The Balaban J connectivity index is 1.50. The van der Waals surface area contributed by atoms with Crippen molar-refractivity contribution in [1.82, 2.24) is 0 Å². The zero-order chi connectivity index (χ0) is 21.0. The van der Waals surface area contributed by atoms with Crippen molar-refractivity contribution in [2.45, 2.75) is 105 Å². The summed E-state index contributed by atoms with van der Waals surface area (Å²) in [6.07, 6.45) is 17.1. The van der Waals surface area contributed by atoms with Crippen LogP contribution in [-0.4, -0.2) is 11.2 Å². The highest BCUT2D eigenvalue weighted by Gasteiger charge is 2.60. The number of aliphatic hydroxyl groups excluding tert-OH is 1. The van der Waals surface area contributed by atoms with Crippen molar-refractivity contribution < 1.29 is 5.11 Å². The molecule has 29 heavy (non-hydrogen) atoms. The summed E-state index contributed by atoms with van der Waals surface area (Å²) in [5, 5.41) is 10.3. The van der Waals surface area contributed by atoms with Gasteiger partial charge in [0.2, 0.25) is 0 Å². The quantitative estimate of drug-likeness (QED) is 0.485. The van der Waals surface area contributed by atoms with E-state index < -0.39 is 0 Å². The molecule has 4 aliphatic rings. The lowest BCUT2D eigenvalue weighted by Crippen LogP contribution is -2.54. The van der Waals surface area contributed by atoms with Crippen molar-refractivity contribution in [3.05, 3.63) is 12.2 Å². The maximum Gasteiger partial charge on any atom is 0.0543 e. The Morgan fingerprint density at radius 1 is 0.793 bits per heavy atom. The van der Waals surface area contributed by atoms with Crippen molar-refractivity contribution in [3.8, 4) is 0 Å². The van der Waals surface area contributed by atoms with Gasteiger partial charge in [0.1, 0.15) is 0 Å². The highest BCUT2D eigenvalue weighted by molar-refractivity contribution is 5.11. The molecular weight excluding hydrogens is 352 g/mol. The van der Waals surface area contributed by atoms with Crippen LogP contribution in [0.15, 0.2) is 12.2 Å². The zero-order valence-electron chi connectivity index (χ0n) is 20.2. The third-order valence-electron chi connectivity index (χ3n) is 11.1. The van der Waals surface area contributed by atoms with Gasteiger partial charge in [-0.1, -0.05) is 53.7 Å². The van der Waals surface area contributed by atoms with E-state index >= 15 is 0 Å². The van der Waals surface area contributed by atoms with Crippen LogP contribution in [0.1, 0.15) is 99.3 Å². The first-order chi connectivity index (χ1) is 13.7.